The molecule has 1 heterocycles. The van der Waals surface area contributed by atoms with E-state index in [1.165, 1.54) is 5.56 Å². The average molecular weight is 225 g/mol. The van der Waals surface area contributed by atoms with E-state index in [-0.39, 0.29) is 0 Å². The molecule has 0 aliphatic heterocycles. The fourth-order valence-corrected chi connectivity index (χ4v) is 1.83. The third-order valence-electron chi connectivity index (χ3n) is 2.86. The number of aromatic nitrogens is 1. The van der Waals surface area contributed by atoms with E-state index >= 15 is 0 Å². The van der Waals surface area contributed by atoms with Gasteiger partial charge in [0.1, 0.15) is 11.9 Å². The van der Waals surface area contributed by atoms with Crippen LogP contribution in [-0.2, 0) is 0 Å². The van der Waals surface area contributed by atoms with Gasteiger partial charge in [0.05, 0.1) is 11.1 Å². The second-order valence-corrected chi connectivity index (χ2v) is 4.35. The van der Waals surface area contributed by atoms with Crippen LogP contribution in [0.15, 0.2) is 24.3 Å². The van der Waals surface area contributed by atoms with E-state index in [1.807, 2.05) is 12.1 Å². The van der Waals surface area contributed by atoms with Crippen LogP contribution in [0, 0.1) is 11.3 Å². The van der Waals surface area contributed by atoms with Gasteiger partial charge in [-0.25, -0.2) is 4.98 Å². The molecular weight excluding hydrogens is 210 g/mol. The first-order valence-electron chi connectivity index (χ1n) is 5.68. The molecule has 0 aliphatic rings. The van der Waals surface area contributed by atoms with Gasteiger partial charge in [-0.3, -0.25) is 0 Å². The van der Waals surface area contributed by atoms with E-state index in [2.05, 4.69) is 42.4 Å². The summed E-state index contributed by atoms with van der Waals surface area (Å²) in [5, 5.41) is 13.0. The van der Waals surface area contributed by atoms with Crippen molar-refractivity contribution in [3.63, 3.8) is 0 Å². The lowest BCUT2D eigenvalue weighted by Crippen LogP contribution is -1.97. The molecule has 17 heavy (non-hydrogen) atoms. The Morgan fingerprint density at radius 2 is 2.06 bits per heavy atom. The number of pyridine rings is 1. The number of nitrogens with one attached hydrogen (secondary N) is 1. The highest BCUT2D eigenvalue weighted by atomic mass is 15.0. The molecule has 0 atom stereocenters. The number of nitriles is 1. The maximum Gasteiger partial charge on any atom is 0.144 e. The minimum absolute atomic E-state index is 0.480. The SMILES string of the molecule is CNc1nc2ccc(C(C)C)cc2cc1C#N. The third-order valence-corrected chi connectivity index (χ3v) is 2.86. The highest BCUT2D eigenvalue weighted by molar-refractivity contribution is 5.83. The van der Waals surface area contributed by atoms with Gasteiger partial charge in [0.25, 0.3) is 0 Å². The zero-order valence-electron chi connectivity index (χ0n) is 10.3. The Morgan fingerprint density at radius 3 is 2.65 bits per heavy atom. The van der Waals surface area contributed by atoms with E-state index in [1.54, 1.807) is 7.05 Å². The molecule has 0 aliphatic carbocycles. The summed E-state index contributed by atoms with van der Waals surface area (Å²) >= 11 is 0. The monoisotopic (exact) mass is 225 g/mol. The Balaban J connectivity index is 2.67. The lowest BCUT2D eigenvalue weighted by Gasteiger charge is -2.08. The smallest absolute Gasteiger partial charge is 0.144 e. The summed E-state index contributed by atoms with van der Waals surface area (Å²) in [6, 6.07) is 10.3. The molecule has 86 valence electrons. The van der Waals surface area contributed by atoms with Crippen LogP contribution in [-0.4, -0.2) is 12.0 Å². The van der Waals surface area contributed by atoms with Crippen molar-refractivity contribution >= 4 is 16.7 Å². The Kier molecular flexibility index (Phi) is 2.97. The van der Waals surface area contributed by atoms with E-state index in [4.69, 9.17) is 5.26 Å². The molecular formula is C14H15N3. The normalized spacial score (nSPS) is 10.5. The molecule has 3 heteroatoms. The topological polar surface area (TPSA) is 48.7 Å². The third kappa shape index (κ3) is 2.07. The molecule has 2 aromatic rings. The predicted octanol–water partition coefficient (Wildman–Crippen LogP) is 3.27. The van der Waals surface area contributed by atoms with Gasteiger partial charge in [0, 0.05) is 12.4 Å². The first-order valence-corrected chi connectivity index (χ1v) is 5.68. The zero-order chi connectivity index (χ0) is 12.4. The van der Waals surface area contributed by atoms with Crippen molar-refractivity contribution in [2.24, 2.45) is 0 Å². The van der Waals surface area contributed by atoms with Gasteiger partial charge in [-0.15, -0.1) is 0 Å². The van der Waals surface area contributed by atoms with Crippen molar-refractivity contribution in [2.75, 3.05) is 12.4 Å². The lowest BCUT2D eigenvalue weighted by atomic mass is 10.0. The fraction of sp³-hybridized carbons (Fsp3) is 0.286. The van der Waals surface area contributed by atoms with Crippen molar-refractivity contribution in [2.45, 2.75) is 19.8 Å². The number of anilines is 1. The van der Waals surface area contributed by atoms with Crippen LogP contribution in [0.1, 0.15) is 30.9 Å². The van der Waals surface area contributed by atoms with Crippen molar-refractivity contribution in [3.8, 4) is 6.07 Å². The second-order valence-electron chi connectivity index (χ2n) is 4.35. The Labute approximate surface area is 101 Å². The molecule has 0 unspecified atom stereocenters. The number of hydrogen-bond donors (Lipinski definition) is 1. The van der Waals surface area contributed by atoms with Crippen LogP contribution in [0.3, 0.4) is 0 Å². The minimum Gasteiger partial charge on any atom is -0.372 e. The molecule has 1 N–H and O–H groups in total. The number of hydrogen-bond acceptors (Lipinski definition) is 3. The molecule has 0 saturated carbocycles. The molecule has 1 aromatic heterocycles. The van der Waals surface area contributed by atoms with Gasteiger partial charge in [-0.1, -0.05) is 19.9 Å². The van der Waals surface area contributed by atoms with Crippen molar-refractivity contribution in [1.29, 1.82) is 5.26 Å². The van der Waals surface area contributed by atoms with E-state index in [9.17, 15) is 0 Å². The first kappa shape index (κ1) is 11.4. The van der Waals surface area contributed by atoms with E-state index in [0.29, 0.717) is 17.3 Å². The number of rotatable bonds is 2. The molecule has 0 saturated heterocycles. The summed E-state index contributed by atoms with van der Waals surface area (Å²) < 4.78 is 0. The molecule has 3 nitrogen and oxygen atoms in total. The van der Waals surface area contributed by atoms with Crippen LogP contribution >= 0.6 is 0 Å². The van der Waals surface area contributed by atoms with Crippen molar-refractivity contribution in [1.82, 2.24) is 4.98 Å². The summed E-state index contributed by atoms with van der Waals surface area (Å²) in [5.41, 5.74) is 2.76. The van der Waals surface area contributed by atoms with Crippen LogP contribution < -0.4 is 5.32 Å². The van der Waals surface area contributed by atoms with Gasteiger partial charge in [0.15, 0.2) is 0 Å². The zero-order valence-corrected chi connectivity index (χ0v) is 10.3. The molecule has 0 bridgehead atoms. The lowest BCUT2D eigenvalue weighted by molar-refractivity contribution is 0.868. The van der Waals surface area contributed by atoms with Gasteiger partial charge < -0.3 is 5.32 Å². The Morgan fingerprint density at radius 1 is 1.29 bits per heavy atom. The Bertz CT molecular complexity index is 594. The molecule has 0 spiro atoms. The molecule has 0 radical (unpaired) electrons. The first-order chi connectivity index (χ1) is 8.15. The van der Waals surface area contributed by atoms with Gasteiger partial charge in [-0.05, 0) is 29.7 Å². The quantitative estimate of drug-likeness (QED) is 0.853. The minimum atomic E-state index is 0.480. The van der Waals surface area contributed by atoms with E-state index in [0.717, 1.165) is 10.9 Å². The van der Waals surface area contributed by atoms with Crippen LogP contribution in [0.2, 0.25) is 0 Å². The van der Waals surface area contributed by atoms with Gasteiger partial charge >= 0.3 is 0 Å². The van der Waals surface area contributed by atoms with E-state index < -0.39 is 0 Å². The number of fused-ring (bicyclic) bond motifs is 1. The summed E-state index contributed by atoms with van der Waals surface area (Å²) in [4.78, 5) is 4.43. The number of nitrogens with zero attached hydrogens (tertiary/aromatic N) is 2. The van der Waals surface area contributed by atoms with Crippen molar-refractivity contribution in [3.05, 3.63) is 35.4 Å². The van der Waals surface area contributed by atoms with Crippen molar-refractivity contribution < 1.29 is 0 Å². The maximum atomic E-state index is 9.06. The second kappa shape index (κ2) is 4.42. The molecule has 0 fully saturated rings. The largest absolute Gasteiger partial charge is 0.372 e. The Hall–Kier alpha value is -2.08. The molecule has 1 aromatic carbocycles. The van der Waals surface area contributed by atoms with Crippen LogP contribution in [0.4, 0.5) is 5.82 Å². The highest BCUT2D eigenvalue weighted by Gasteiger charge is 2.06. The summed E-state index contributed by atoms with van der Waals surface area (Å²) in [6.45, 7) is 4.31. The maximum absolute atomic E-state index is 9.06. The summed E-state index contributed by atoms with van der Waals surface area (Å²) in [7, 11) is 1.78. The fourth-order valence-electron chi connectivity index (χ4n) is 1.83. The standard InChI is InChI=1S/C14H15N3/c1-9(2)10-4-5-13-11(6-10)7-12(8-15)14(16-3)17-13/h4-7,9H,1-3H3,(H,16,17). The van der Waals surface area contributed by atoms with Crippen LogP contribution in [0.5, 0.6) is 0 Å². The molecule has 0 amide bonds. The van der Waals surface area contributed by atoms with Gasteiger partial charge in [-0.2, -0.15) is 5.26 Å². The molecule has 2 rings (SSSR count). The average Bonchev–Trinajstić information content (AvgIpc) is 2.36. The van der Waals surface area contributed by atoms with Gasteiger partial charge in [0.2, 0.25) is 0 Å². The number of benzene rings is 1. The highest BCUT2D eigenvalue weighted by Crippen LogP contribution is 2.23. The van der Waals surface area contributed by atoms with Crippen LogP contribution in [0.25, 0.3) is 10.9 Å². The summed E-state index contributed by atoms with van der Waals surface area (Å²) in [5.74, 6) is 1.12. The predicted molar refractivity (Wildman–Crippen MR) is 70.1 cm³/mol. The summed E-state index contributed by atoms with van der Waals surface area (Å²) in [6.07, 6.45) is 0.